The lowest BCUT2D eigenvalue weighted by molar-refractivity contribution is 0.0322. The number of hydrogen-bond donors (Lipinski definition) is 3. The van der Waals surface area contributed by atoms with Gasteiger partial charge in [0.05, 0.1) is 13.2 Å². The molecule has 170 valence electrons. The Kier molecular flexibility index (Phi) is 9.09. The van der Waals surface area contributed by atoms with Crippen molar-refractivity contribution in [3.8, 4) is 5.75 Å². The topological polar surface area (TPSA) is 91.9 Å². The fourth-order valence-corrected chi connectivity index (χ4v) is 3.19. The number of ether oxygens (including phenoxy) is 2. The van der Waals surface area contributed by atoms with Crippen molar-refractivity contribution in [3.05, 3.63) is 72.3 Å². The molecule has 3 N–H and O–H groups in total. The van der Waals surface area contributed by atoms with Crippen molar-refractivity contribution in [1.82, 2.24) is 15.5 Å². The molecule has 3 rings (SSSR count). The first kappa shape index (κ1) is 23.3. The Morgan fingerprint density at radius 2 is 1.88 bits per heavy atom. The highest BCUT2D eigenvalue weighted by atomic mass is 16.5. The maximum Gasteiger partial charge on any atom is 0.319 e. The third kappa shape index (κ3) is 7.72. The molecule has 0 aliphatic carbocycles. The number of rotatable bonds is 10. The number of anilines is 1. The molecule has 1 saturated heterocycles. The smallest absolute Gasteiger partial charge is 0.319 e. The minimum Gasteiger partial charge on any atom is -0.492 e. The molecule has 0 saturated carbocycles. The minimum atomic E-state index is -0.326. The number of hydrogen-bond acceptors (Lipinski definition) is 5. The van der Waals surface area contributed by atoms with Gasteiger partial charge in [0.1, 0.15) is 12.4 Å². The molecule has 0 bridgehead atoms. The minimum absolute atomic E-state index is 0.187. The van der Waals surface area contributed by atoms with E-state index in [9.17, 15) is 9.59 Å². The van der Waals surface area contributed by atoms with E-state index in [1.807, 2.05) is 24.3 Å². The van der Waals surface area contributed by atoms with Gasteiger partial charge in [-0.05, 0) is 42.0 Å². The molecule has 1 fully saturated rings. The molecular weight excluding hydrogens is 408 g/mol. The normalized spacial score (nSPS) is 13.8. The summed E-state index contributed by atoms with van der Waals surface area (Å²) < 4.78 is 11.2. The highest BCUT2D eigenvalue weighted by Gasteiger charge is 2.10. The predicted molar refractivity (Wildman–Crippen MR) is 124 cm³/mol. The van der Waals surface area contributed by atoms with E-state index in [0.717, 1.165) is 44.2 Å². The summed E-state index contributed by atoms with van der Waals surface area (Å²) in [5.74, 6) is 0.594. The zero-order valence-corrected chi connectivity index (χ0v) is 18.1. The average molecular weight is 439 g/mol. The molecule has 1 aliphatic rings. The quantitative estimate of drug-likeness (QED) is 0.496. The number of amides is 3. The zero-order valence-electron chi connectivity index (χ0n) is 18.1. The number of carbonyl (C=O) groups excluding carboxylic acids is 2. The lowest BCUT2D eigenvalue weighted by Crippen LogP contribution is -2.38. The summed E-state index contributed by atoms with van der Waals surface area (Å²) in [5, 5.41) is 8.30. The van der Waals surface area contributed by atoms with E-state index in [1.165, 1.54) is 0 Å². The molecule has 2 aromatic rings. The standard InChI is InChI=1S/C24H30N4O4/c1-2-10-25-23(29)20-6-8-21(9-7-20)27-24(30)26-18-19-4-3-5-22(17-19)32-16-13-28-11-14-31-15-12-28/h2-9,17H,1,10-16,18H2,(H,25,29)(H2,26,27,30). The molecule has 8 heteroatoms. The second kappa shape index (κ2) is 12.5. The Morgan fingerprint density at radius 3 is 2.62 bits per heavy atom. The molecule has 1 aliphatic heterocycles. The van der Waals surface area contributed by atoms with Crippen LogP contribution in [0.2, 0.25) is 0 Å². The van der Waals surface area contributed by atoms with Gasteiger partial charge < -0.3 is 25.4 Å². The fraction of sp³-hybridized carbons (Fsp3) is 0.333. The van der Waals surface area contributed by atoms with E-state index < -0.39 is 0 Å². The van der Waals surface area contributed by atoms with E-state index in [0.29, 0.717) is 30.9 Å². The van der Waals surface area contributed by atoms with Crippen LogP contribution in [0.25, 0.3) is 0 Å². The molecule has 0 spiro atoms. The van der Waals surface area contributed by atoms with Crippen LogP contribution in [0.1, 0.15) is 15.9 Å². The van der Waals surface area contributed by atoms with Gasteiger partial charge in [0.25, 0.3) is 5.91 Å². The van der Waals surface area contributed by atoms with Gasteiger partial charge in [-0.2, -0.15) is 0 Å². The van der Waals surface area contributed by atoms with Crippen LogP contribution in [0.3, 0.4) is 0 Å². The summed E-state index contributed by atoms with van der Waals surface area (Å²) in [6.45, 7) is 9.24. The summed E-state index contributed by atoms with van der Waals surface area (Å²) in [6.07, 6.45) is 1.62. The Labute approximate surface area is 188 Å². The van der Waals surface area contributed by atoms with Crippen molar-refractivity contribution in [2.24, 2.45) is 0 Å². The van der Waals surface area contributed by atoms with Gasteiger partial charge in [-0.15, -0.1) is 6.58 Å². The van der Waals surface area contributed by atoms with Crippen LogP contribution in [0, 0.1) is 0 Å². The van der Waals surface area contributed by atoms with E-state index in [4.69, 9.17) is 9.47 Å². The number of benzene rings is 2. The summed E-state index contributed by atoms with van der Waals surface area (Å²) in [4.78, 5) is 26.4. The second-order valence-electron chi connectivity index (χ2n) is 7.33. The van der Waals surface area contributed by atoms with Crippen LogP contribution in [-0.2, 0) is 11.3 Å². The van der Waals surface area contributed by atoms with Crippen molar-refractivity contribution in [1.29, 1.82) is 0 Å². The van der Waals surface area contributed by atoms with Crippen LogP contribution < -0.4 is 20.7 Å². The van der Waals surface area contributed by atoms with Crippen molar-refractivity contribution < 1.29 is 19.1 Å². The number of urea groups is 1. The molecule has 1 heterocycles. The predicted octanol–water partition coefficient (Wildman–Crippen LogP) is 2.64. The largest absolute Gasteiger partial charge is 0.492 e. The van der Waals surface area contributed by atoms with Crippen molar-refractivity contribution in [3.63, 3.8) is 0 Å². The molecule has 0 atom stereocenters. The Balaban J connectivity index is 1.41. The number of morpholine rings is 1. The molecule has 3 amide bonds. The first-order valence-electron chi connectivity index (χ1n) is 10.7. The highest BCUT2D eigenvalue weighted by molar-refractivity contribution is 5.95. The monoisotopic (exact) mass is 438 g/mol. The zero-order chi connectivity index (χ0) is 22.6. The number of carbonyl (C=O) groups is 2. The Bertz CT molecular complexity index is 895. The van der Waals surface area contributed by atoms with Crippen molar-refractivity contribution in [2.45, 2.75) is 6.54 Å². The summed E-state index contributed by atoms with van der Waals surface area (Å²) in [5.41, 5.74) is 2.06. The molecule has 2 aromatic carbocycles. The number of nitrogens with zero attached hydrogens (tertiary/aromatic N) is 1. The molecule has 0 radical (unpaired) electrons. The van der Waals surface area contributed by atoms with Gasteiger partial charge in [-0.3, -0.25) is 9.69 Å². The maximum atomic E-state index is 12.2. The van der Waals surface area contributed by atoms with E-state index in [1.54, 1.807) is 30.3 Å². The second-order valence-corrected chi connectivity index (χ2v) is 7.33. The first-order chi connectivity index (χ1) is 15.6. The van der Waals surface area contributed by atoms with Crippen LogP contribution in [-0.4, -0.2) is 62.8 Å². The van der Waals surface area contributed by atoms with Gasteiger partial charge in [-0.25, -0.2) is 4.79 Å². The molecular formula is C24H30N4O4. The van der Waals surface area contributed by atoms with Gasteiger partial charge in [-0.1, -0.05) is 18.2 Å². The third-order valence-corrected chi connectivity index (χ3v) is 4.94. The van der Waals surface area contributed by atoms with Crippen LogP contribution in [0.5, 0.6) is 5.75 Å². The van der Waals surface area contributed by atoms with Crippen molar-refractivity contribution >= 4 is 17.6 Å². The summed E-state index contributed by atoms with van der Waals surface area (Å²) in [7, 11) is 0. The van der Waals surface area contributed by atoms with Crippen LogP contribution in [0.15, 0.2) is 61.2 Å². The SMILES string of the molecule is C=CCNC(=O)c1ccc(NC(=O)NCc2cccc(OCCN3CCOCC3)c2)cc1. The molecule has 8 nitrogen and oxygen atoms in total. The van der Waals surface area contributed by atoms with Gasteiger partial charge in [0.2, 0.25) is 0 Å². The van der Waals surface area contributed by atoms with E-state index in [-0.39, 0.29) is 11.9 Å². The summed E-state index contributed by atoms with van der Waals surface area (Å²) >= 11 is 0. The van der Waals surface area contributed by atoms with Crippen LogP contribution in [0.4, 0.5) is 10.5 Å². The van der Waals surface area contributed by atoms with E-state index in [2.05, 4.69) is 27.4 Å². The number of nitrogens with one attached hydrogen (secondary N) is 3. The maximum absolute atomic E-state index is 12.2. The molecule has 0 unspecified atom stereocenters. The summed E-state index contributed by atoms with van der Waals surface area (Å²) in [6, 6.07) is 14.0. The average Bonchev–Trinajstić information content (AvgIpc) is 2.83. The molecule has 0 aromatic heterocycles. The van der Waals surface area contributed by atoms with Crippen molar-refractivity contribution in [2.75, 3.05) is 51.3 Å². The van der Waals surface area contributed by atoms with E-state index >= 15 is 0 Å². The Hall–Kier alpha value is -3.36. The highest BCUT2D eigenvalue weighted by Crippen LogP contribution is 2.14. The fourth-order valence-electron chi connectivity index (χ4n) is 3.19. The van der Waals surface area contributed by atoms with Crippen LogP contribution >= 0.6 is 0 Å². The molecule has 32 heavy (non-hydrogen) atoms. The van der Waals surface area contributed by atoms with Gasteiger partial charge >= 0.3 is 6.03 Å². The van der Waals surface area contributed by atoms with Gasteiger partial charge in [0.15, 0.2) is 0 Å². The lowest BCUT2D eigenvalue weighted by Gasteiger charge is -2.26. The van der Waals surface area contributed by atoms with Gasteiger partial charge in [0, 0.05) is 44.0 Å². The Morgan fingerprint density at radius 1 is 1.09 bits per heavy atom. The first-order valence-corrected chi connectivity index (χ1v) is 10.7. The third-order valence-electron chi connectivity index (χ3n) is 4.94. The lowest BCUT2D eigenvalue weighted by atomic mass is 10.2.